The summed E-state index contributed by atoms with van der Waals surface area (Å²) in [6, 6.07) is 13.6. The predicted octanol–water partition coefficient (Wildman–Crippen LogP) is 3.01. The van der Waals surface area contributed by atoms with E-state index in [0.717, 1.165) is 16.4 Å². The Hall–Kier alpha value is -2.34. The van der Waals surface area contributed by atoms with Crippen molar-refractivity contribution in [3.8, 4) is 0 Å². The van der Waals surface area contributed by atoms with E-state index in [1.165, 1.54) is 5.56 Å². The maximum absolute atomic E-state index is 12.2. The summed E-state index contributed by atoms with van der Waals surface area (Å²) in [6.45, 7) is 3.96. The SMILES string of the molecule is Cc1ccccc1SCC(=O)NC(C)c1nnc2ccccn12. The van der Waals surface area contributed by atoms with E-state index in [1.807, 2.05) is 66.9 Å². The lowest BCUT2D eigenvalue weighted by molar-refractivity contribution is -0.119. The molecule has 0 saturated heterocycles. The first-order valence-corrected chi connectivity index (χ1v) is 8.41. The Balaban J connectivity index is 1.62. The molecule has 3 rings (SSSR count). The number of nitrogens with one attached hydrogen (secondary N) is 1. The molecule has 1 N–H and O–H groups in total. The molecule has 0 radical (unpaired) electrons. The van der Waals surface area contributed by atoms with Gasteiger partial charge < -0.3 is 5.32 Å². The van der Waals surface area contributed by atoms with Crippen molar-refractivity contribution in [1.29, 1.82) is 0 Å². The summed E-state index contributed by atoms with van der Waals surface area (Å²) < 4.78 is 1.89. The number of hydrogen-bond acceptors (Lipinski definition) is 4. The van der Waals surface area contributed by atoms with E-state index in [9.17, 15) is 4.79 Å². The molecule has 0 fully saturated rings. The Labute approximate surface area is 139 Å². The first-order valence-electron chi connectivity index (χ1n) is 7.42. The third kappa shape index (κ3) is 3.53. The van der Waals surface area contributed by atoms with Gasteiger partial charge in [0, 0.05) is 11.1 Å². The van der Waals surface area contributed by atoms with Crippen LogP contribution in [-0.2, 0) is 4.79 Å². The second-order valence-corrected chi connectivity index (χ2v) is 6.35. The number of aryl methyl sites for hydroxylation is 1. The van der Waals surface area contributed by atoms with Crippen molar-refractivity contribution >= 4 is 23.3 Å². The topological polar surface area (TPSA) is 59.3 Å². The van der Waals surface area contributed by atoms with Crippen molar-refractivity contribution in [3.63, 3.8) is 0 Å². The van der Waals surface area contributed by atoms with Crippen LogP contribution in [0.25, 0.3) is 5.65 Å². The van der Waals surface area contributed by atoms with Crippen molar-refractivity contribution < 1.29 is 4.79 Å². The molecule has 2 heterocycles. The molecule has 0 aliphatic carbocycles. The van der Waals surface area contributed by atoms with Crippen LogP contribution in [-0.4, -0.2) is 26.3 Å². The van der Waals surface area contributed by atoms with E-state index >= 15 is 0 Å². The first kappa shape index (κ1) is 15.6. The standard InChI is InChI=1S/C17H18N4OS/c1-12-7-3-4-8-14(12)23-11-16(22)18-13(2)17-20-19-15-9-5-6-10-21(15)17/h3-10,13H,11H2,1-2H3,(H,18,22). The summed E-state index contributed by atoms with van der Waals surface area (Å²) in [5.41, 5.74) is 1.96. The molecule has 1 amide bonds. The molecule has 5 nitrogen and oxygen atoms in total. The van der Waals surface area contributed by atoms with Gasteiger partial charge >= 0.3 is 0 Å². The third-order valence-electron chi connectivity index (χ3n) is 3.56. The molecule has 2 aromatic heterocycles. The van der Waals surface area contributed by atoms with E-state index in [1.54, 1.807) is 11.8 Å². The lowest BCUT2D eigenvalue weighted by atomic mass is 10.2. The number of nitrogens with zero attached hydrogens (tertiary/aromatic N) is 3. The molecular weight excluding hydrogens is 308 g/mol. The Morgan fingerprint density at radius 3 is 2.83 bits per heavy atom. The van der Waals surface area contributed by atoms with Gasteiger partial charge in [0.25, 0.3) is 0 Å². The van der Waals surface area contributed by atoms with E-state index < -0.39 is 0 Å². The van der Waals surface area contributed by atoms with Crippen molar-refractivity contribution in [2.75, 3.05) is 5.75 Å². The minimum absolute atomic E-state index is 0.0153. The van der Waals surface area contributed by atoms with Crippen LogP contribution in [0.1, 0.15) is 24.4 Å². The minimum atomic E-state index is -0.197. The number of benzene rings is 1. The molecule has 0 aliphatic heterocycles. The molecule has 0 bridgehead atoms. The van der Waals surface area contributed by atoms with Crippen LogP contribution >= 0.6 is 11.8 Å². The van der Waals surface area contributed by atoms with E-state index in [0.29, 0.717) is 5.75 Å². The predicted molar refractivity (Wildman–Crippen MR) is 91.4 cm³/mol. The van der Waals surface area contributed by atoms with Gasteiger partial charge in [0.1, 0.15) is 0 Å². The number of pyridine rings is 1. The summed E-state index contributed by atoms with van der Waals surface area (Å²) in [6.07, 6.45) is 1.90. The van der Waals surface area contributed by atoms with E-state index in [2.05, 4.69) is 15.5 Å². The zero-order valence-corrected chi connectivity index (χ0v) is 13.9. The highest BCUT2D eigenvalue weighted by atomic mass is 32.2. The smallest absolute Gasteiger partial charge is 0.230 e. The average molecular weight is 326 g/mol. The number of amides is 1. The van der Waals surface area contributed by atoms with Crippen LogP contribution in [0.15, 0.2) is 53.6 Å². The summed E-state index contributed by atoms with van der Waals surface area (Å²) in [5, 5.41) is 11.3. The highest BCUT2D eigenvalue weighted by Gasteiger charge is 2.15. The van der Waals surface area contributed by atoms with Gasteiger partial charge in [-0.3, -0.25) is 9.20 Å². The highest BCUT2D eigenvalue weighted by Crippen LogP contribution is 2.21. The van der Waals surface area contributed by atoms with E-state index in [4.69, 9.17) is 0 Å². The van der Waals surface area contributed by atoms with Crippen molar-refractivity contribution in [2.45, 2.75) is 24.8 Å². The summed E-state index contributed by atoms with van der Waals surface area (Å²) in [4.78, 5) is 13.3. The molecule has 0 spiro atoms. The number of hydrogen-bond donors (Lipinski definition) is 1. The second-order valence-electron chi connectivity index (χ2n) is 5.33. The largest absolute Gasteiger partial charge is 0.346 e. The number of carbonyl (C=O) groups is 1. The van der Waals surface area contributed by atoms with Crippen molar-refractivity contribution in [2.24, 2.45) is 0 Å². The van der Waals surface area contributed by atoms with Gasteiger partial charge in [-0.1, -0.05) is 24.3 Å². The van der Waals surface area contributed by atoms with Crippen LogP contribution < -0.4 is 5.32 Å². The maximum Gasteiger partial charge on any atom is 0.230 e. The number of aromatic nitrogens is 3. The normalized spacial score (nSPS) is 12.3. The molecule has 0 aliphatic rings. The van der Waals surface area contributed by atoms with Gasteiger partial charge in [-0.05, 0) is 37.6 Å². The van der Waals surface area contributed by atoms with Crippen LogP contribution in [0.2, 0.25) is 0 Å². The Kier molecular flexibility index (Phi) is 4.62. The fraction of sp³-hybridized carbons (Fsp3) is 0.235. The first-order chi connectivity index (χ1) is 11.1. The molecule has 6 heteroatoms. The number of thioether (sulfide) groups is 1. The third-order valence-corrected chi connectivity index (χ3v) is 4.73. The molecule has 1 aromatic carbocycles. The Morgan fingerprint density at radius 1 is 1.22 bits per heavy atom. The quantitative estimate of drug-likeness (QED) is 0.732. The fourth-order valence-electron chi connectivity index (χ4n) is 2.36. The van der Waals surface area contributed by atoms with Gasteiger partial charge in [0.2, 0.25) is 5.91 Å². The highest BCUT2D eigenvalue weighted by molar-refractivity contribution is 8.00. The molecule has 23 heavy (non-hydrogen) atoms. The van der Waals surface area contributed by atoms with Crippen molar-refractivity contribution in [1.82, 2.24) is 19.9 Å². The van der Waals surface area contributed by atoms with Crippen LogP contribution in [0, 0.1) is 6.92 Å². The van der Waals surface area contributed by atoms with Gasteiger partial charge in [0.15, 0.2) is 11.5 Å². The zero-order valence-electron chi connectivity index (χ0n) is 13.1. The summed E-state index contributed by atoms with van der Waals surface area (Å²) >= 11 is 1.54. The minimum Gasteiger partial charge on any atom is -0.346 e. The Bertz CT molecular complexity index is 830. The monoisotopic (exact) mass is 326 g/mol. The van der Waals surface area contributed by atoms with Gasteiger partial charge in [0.05, 0.1) is 11.8 Å². The molecular formula is C17H18N4OS. The zero-order chi connectivity index (χ0) is 16.2. The van der Waals surface area contributed by atoms with Gasteiger partial charge in [-0.15, -0.1) is 22.0 Å². The lowest BCUT2D eigenvalue weighted by Gasteiger charge is -2.12. The van der Waals surface area contributed by atoms with Crippen molar-refractivity contribution in [3.05, 3.63) is 60.0 Å². The van der Waals surface area contributed by atoms with E-state index in [-0.39, 0.29) is 11.9 Å². The molecule has 0 saturated carbocycles. The number of fused-ring (bicyclic) bond motifs is 1. The average Bonchev–Trinajstić information content (AvgIpc) is 2.98. The molecule has 3 aromatic rings. The second kappa shape index (κ2) is 6.83. The molecule has 118 valence electrons. The fourth-order valence-corrected chi connectivity index (χ4v) is 3.20. The lowest BCUT2D eigenvalue weighted by Crippen LogP contribution is -2.29. The number of rotatable bonds is 5. The number of carbonyl (C=O) groups excluding carboxylic acids is 1. The van der Waals surface area contributed by atoms with Crippen LogP contribution in [0.5, 0.6) is 0 Å². The molecule has 1 atom stereocenters. The summed E-state index contributed by atoms with van der Waals surface area (Å²) in [7, 11) is 0. The van der Waals surface area contributed by atoms with Crippen LogP contribution in [0.4, 0.5) is 0 Å². The Morgan fingerprint density at radius 2 is 2.00 bits per heavy atom. The maximum atomic E-state index is 12.2. The van der Waals surface area contributed by atoms with Crippen LogP contribution in [0.3, 0.4) is 0 Å². The summed E-state index contributed by atoms with van der Waals surface area (Å²) in [5.74, 6) is 1.10. The molecule has 1 unspecified atom stereocenters. The van der Waals surface area contributed by atoms with Gasteiger partial charge in [-0.25, -0.2) is 0 Å². The van der Waals surface area contributed by atoms with Gasteiger partial charge in [-0.2, -0.15) is 0 Å².